The predicted molar refractivity (Wildman–Crippen MR) is 88.6 cm³/mol. The molecular formula is C15H17N7O2. The monoisotopic (exact) mass is 327 g/mol. The number of aromatic nitrogens is 5. The maximum Gasteiger partial charge on any atom is 0.252 e. The van der Waals surface area contributed by atoms with E-state index in [1.165, 1.54) is 10.9 Å². The van der Waals surface area contributed by atoms with Crippen molar-refractivity contribution in [1.82, 2.24) is 30.3 Å². The van der Waals surface area contributed by atoms with Crippen LogP contribution < -0.4 is 16.2 Å². The molecule has 3 rings (SSSR count). The molecule has 0 unspecified atom stereocenters. The molecule has 0 atom stereocenters. The molecule has 2 heterocycles. The number of benzene rings is 1. The molecule has 124 valence electrons. The van der Waals surface area contributed by atoms with E-state index < -0.39 is 0 Å². The minimum atomic E-state index is -0.217. The highest BCUT2D eigenvalue weighted by atomic mass is 16.2. The maximum absolute atomic E-state index is 11.9. The lowest BCUT2D eigenvalue weighted by atomic mass is 10.3. The summed E-state index contributed by atoms with van der Waals surface area (Å²) in [5, 5.41) is 14.2. The van der Waals surface area contributed by atoms with Crippen LogP contribution in [0.2, 0.25) is 0 Å². The van der Waals surface area contributed by atoms with Gasteiger partial charge in [0.05, 0.1) is 0 Å². The molecule has 0 fully saturated rings. The fourth-order valence-electron chi connectivity index (χ4n) is 2.21. The number of amides is 1. The largest absolute Gasteiger partial charge is 0.354 e. The lowest BCUT2D eigenvalue weighted by Gasteiger charge is -2.07. The SMILES string of the molecule is Cc1cc(=O)[nH]c(NCCNC(=O)Cn2nc3ccccc3n2)n1. The number of nitrogens with one attached hydrogen (secondary N) is 3. The fourth-order valence-corrected chi connectivity index (χ4v) is 2.21. The van der Waals surface area contributed by atoms with Gasteiger partial charge in [-0.25, -0.2) is 4.98 Å². The maximum atomic E-state index is 11.9. The van der Waals surface area contributed by atoms with Crippen molar-refractivity contribution in [2.75, 3.05) is 18.4 Å². The Kier molecular flexibility index (Phi) is 4.50. The average molecular weight is 327 g/mol. The predicted octanol–water partition coefficient (Wildman–Crippen LogP) is 0.0513. The average Bonchev–Trinajstić information content (AvgIpc) is 2.92. The van der Waals surface area contributed by atoms with Gasteiger partial charge in [0.15, 0.2) is 0 Å². The summed E-state index contributed by atoms with van der Waals surface area (Å²) in [4.78, 5) is 31.3. The van der Waals surface area contributed by atoms with Gasteiger partial charge in [0.1, 0.15) is 17.6 Å². The molecule has 24 heavy (non-hydrogen) atoms. The van der Waals surface area contributed by atoms with E-state index in [0.717, 1.165) is 11.0 Å². The number of fused-ring (bicyclic) bond motifs is 1. The zero-order valence-electron chi connectivity index (χ0n) is 13.1. The van der Waals surface area contributed by atoms with Crippen LogP contribution in [0.5, 0.6) is 0 Å². The van der Waals surface area contributed by atoms with Crippen molar-refractivity contribution in [3.8, 4) is 0 Å². The quantitative estimate of drug-likeness (QED) is 0.551. The minimum Gasteiger partial charge on any atom is -0.354 e. The number of H-pyrrole nitrogens is 1. The normalized spacial score (nSPS) is 10.7. The summed E-state index contributed by atoms with van der Waals surface area (Å²) in [5.41, 5.74) is 1.91. The van der Waals surface area contributed by atoms with Gasteiger partial charge in [-0.3, -0.25) is 14.6 Å². The van der Waals surface area contributed by atoms with E-state index >= 15 is 0 Å². The van der Waals surface area contributed by atoms with Gasteiger partial charge in [-0.1, -0.05) is 12.1 Å². The highest BCUT2D eigenvalue weighted by molar-refractivity contribution is 5.77. The van der Waals surface area contributed by atoms with Crippen molar-refractivity contribution in [2.45, 2.75) is 13.5 Å². The number of rotatable bonds is 6. The Morgan fingerprint density at radius 3 is 2.58 bits per heavy atom. The molecule has 9 nitrogen and oxygen atoms in total. The summed E-state index contributed by atoms with van der Waals surface area (Å²) in [6, 6.07) is 8.84. The van der Waals surface area contributed by atoms with E-state index in [0.29, 0.717) is 24.7 Å². The van der Waals surface area contributed by atoms with Crippen LogP contribution in [0, 0.1) is 6.92 Å². The number of anilines is 1. The molecule has 0 radical (unpaired) electrons. The van der Waals surface area contributed by atoms with Crippen LogP contribution in [0.1, 0.15) is 5.69 Å². The third-order valence-electron chi connectivity index (χ3n) is 3.22. The van der Waals surface area contributed by atoms with Crippen molar-refractivity contribution in [2.24, 2.45) is 0 Å². The number of aryl methyl sites for hydroxylation is 1. The van der Waals surface area contributed by atoms with Gasteiger partial charge < -0.3 is 10.6 Å². The van der Waals surface area contributed by atoms with Crippen LogP contribution >= 0.6 is 0 Å². The molecule has 0 aliphatic rings. The molecule has 1 amide bonds. The first-order chi connectivity index (χ1) is 11.6. The molecule has 0 bridgehead atoms. The zero-order valence-corrected chi connectivity index (χ0v) is 13.1. The summed E-state index contributed by atoms with van der Waals surface area (Å²) in [5.74, 6) is 0.192. The minimum absolute atomic E-state index is 0.0498. The summed E-state index contributed by atoms with van der Waals surface area (Å²) in [6.45, 7) is 2.61. The number of carbonyl (C=O) groups is 1. The second kappa shape index (κ2) is 6.90. The standard InChI is InChI=1S/C15H17N7O2/c1-10-8-13(23)19-15(18-10)17-7-6-16-14(24)9-22-20-11-4-2-3-5-12(11)21-22/h2-5,8H,6-7,9H2,1H3,(H,16,24)(H2,17,18,19,23). The Bertz CT molecular complexity index is 882. The highest BCUT2D eigenvalue weighted by Gasteiger charge is 2.06. The van der Waals surface area contributed by atoms with E-state index in [9.17, 15) is 9.59 Å². The topological polar surface area (TPSA) is 118 Å². The Balaban J connectivity index is 1.46. The molecular weight excluding hydrogens is 310 g/mol. The van der Waals surface area contributed by atoms with Crippen molar-refractivity contribution >= 4 is 22.9 Å². The van der Waals surface area contributed by atoms with Crippen LogP contribution in [0.4, 0.5) is 5.95 Å². The first-order valence-corrected chi connectivity index (χ1v) is 7.48. The Labute approximate surface area is 137 Å². The van der Waals surface area contributed by atoms with Crippen LogP contribution in [-0.2, 0) is 11.3 Å². The van der Waals surface area contributed by atoms with E-state index in [1.54, 1.807) is 6.92 Å². The van der Waals surface area contributed by atoms with Gasteiger partial charge in [-0.05, 0) is 19.1 Å². The first-order valence-electron chi connectivity index (χ1n) is 7.48. The molecule has 3 aromatic rings. The summed E-state index contributed by atoms with van der Waals surface area (Å²) < 4.78 is 0. The second-order valence-corrected chi connectivity index (χ2v) is 5.23. The van der Waals surface area contributed by atoms with Crippen LogP contribution in [0.15, 0.2) is 35.1 Å². The molecule has 0 saturated carbocycles. The number of hydrogen-bond donors (Lipinski definition) is 3. The van der Waals surface area contributed by atoms with Crippen LogP contribution in [-0.4, -0.2) is 44.0 Å². The molecule has 0 aliphatic heterocycles. The van der Waals surface area contributed by atoms with Gasteiger partial charge in [0, 0.05) is 24.8 Å². The lowest BCUT2D eigenvalue weighted by Crippen LogP contribution is -2.32. The smallest absolute Gasteiger partial charge is 0.252 e. The molecule has 3 N–H and O–H groups in total. The van der Waals surface area contributed by atoms with Gasteiger partial charge in [0.2, 0.25) is 11.9 Å². The van der Waals surface area contributed by atoms with E-state index in [1.807, 2.05) is 24.3 Å². The summed E-state index contributed by atoms with van der Waals surface area (Å²) in [7, 11) is 0. The Morgan fingerprint density at radius 1 is 1.21 bits per heavy atom. The summed E-state index contributed by atoms with van der Waals surface area (Å²) in [6.07, 6.45) is 0. The summed E-state index contributed by atoms with van der Waals surface area (Å²) >= 11 is 0. The van der Waals surface area contributed by atoms with E-state index in [4.69, 9.17) is 0 Å². The third kappa shape index (κ3) is 3.94. The number of aromatic amines is 1. The lowest BCUT2D eigenvalue weighted by molar-refractivity contribution is -0.121. The van der Waals surface area contributed by atoms with Gasteiger partial charge in [-0.2, -0.15) is 15.0 Å². The molecule has 2 aromatic heterocycles. The highest BCUT2D eigenvalue weighted by Crippen LogP contribution is 2.06. The van der Waals surface area contributed by atoms with Crippen molar-refractivity contribution < 1.29 is 4.79 Å². The number of hydrogen-bond acceptors (Lipinski definition) is 6. The van der Waals surface area contributed by atoms with E-state index in [-0.39, 0.29) is 18.0 Å². The van der Waals surface area contributed by atoms with Gasteiger partial charge in [-0.15, -0.1) is 0 Å². The van der Waals surface area contributed by atoms with Crippen molar-refractivity contribution in [3.63, 3.8) is 0 Å². The van der Waals surface area contributed by atoms with Crippen molar-refractivity contribution in [3.05, 3.63) is 46.4 Å². The van der Waals surface area contributed by atoms with Crippen molar-refractivity contribution in [1.29, 1.82) is 0 Å². The Morgan fingerprint density at radius 2 is 1.92 bits per heavy atom. The van der Waals surface area contributed by atoms with Gasteiger partial charge in [0.25, 0.3) is 5.56 Å². The van der Waals surface area contributed by atoms with Gasteiger partial charge >= 0.3 is 0 Å². The molecule has 0 aliphatic carbocycles. The first kappa shape index (κ1) is 15.7. The van der Waals surface area contributed by atoms with Crippen LogP contribution in [0.25, 0.3) is 11.0 Å². The number of nitrogens with zero attached hydrogens (tertiary/aromatic N) is 4. The third-order valence-corrected chi connectivity index (χ3v) is 3.22. The molecule has 0 saturated heterocycles. The molecule has 1 aromatic carbocycles. The van der Waals surface area contributed by atoms with Crippen LogP contribution in [0.3, 0.4) is 0 Å². The number of carbonyl (C=O) groups excluding carboxylic acids is 1. The molecule has 9 heteroatoms. The fraction of sp³-hybridized carbons (Fsp3) is 0.267. The Hall–Kier alpha value is -3.23. The zero-order chi connectivity index (χ0) is 16.9. The second-order valence-electron chi connectivity index (χ2n) is 5.23. The van der Waals surface area contributed by atoms with E-state index in [2.05, 4.69) is 30.8 Å². The molecule has 0 spiro atoms.